The van der Waals surface area contributed by atoms with Gasteiger partial charge in [0.1, 0.15) is 0 Å². The number of carboxylic acid groups (broad SMARTS) is 1. The second-order valence-corrected chi connectivity index (χ2v) is 5.92. The van der Waals surface area contributed by atoms with E-state index in [4.69, 9.17) is 5.11 Å². The van der Waals surface area contributed by atoms with Crippen molar-refractivity contribution < 1.29 is 14.7 Å². The molecule has 20 heavy (non-hydrogen) atoms. The summed E-state index contributed by atoms with van der Waals surface area (Å²) >= 11 is 0. The molecule has 0 radical (unpaired) electrons. The van der Waals surface area contributed by atoms with E-state index in [1.807, 2.05) is 20.8 Å². The van der Waals surface area contributed by atoms with Crippen LogP contribution in [0.3, 0.4) is 0 Å². The number of benzene rings is 1. The van der Waals surface area contributed by atoms with Crippen LogP contribution in [-0.4, -0.2) is 23.5 Å². The van der Waals surface area contributed by atoms with E-state index < -0.39 is 11.4 Å². The normalized spacial score (nSPS) is 15.8. The number of rotatable bonds is 5. The summed E-state index contributed by atoms with van der Waals surface area (Å²) in [6.45, 7) is 6.28. The maximum atomic E-state index is 12.0. The van der Waals surface area contributed by atoms with Gasteiger partial charge in [0.15, 0.2) is 0 Å². The number of carboxylic acids is 1. The van der Waals surface area contributed by atoms with Crippen LogP contribution in [0.15, 0.2) is 12.1 Å². The number of carbonyl (C=O) groups is 2. The molecule has 1 aliphatic carbocycles. The second-order valence-electron chi connectivity index (χ2n) is 5.92. The first kappa shape index (κ1) is 14.6. The first-order valence-corrected chi connectivity index (χ1v) is 6.91. The van der Waals surface area contributed by atoms with Crippen molar-refractivity contribution in [3.05, 3.63) is 34.4 Å². The molecule has 0 atom stereocenters. The maximum Gasteiger partial charge on any atom is 0.311 e. The number of aliphatic carboxylic acids is 1. The Labute approximate surface area is 119 Å². The van der Waals surface area contributed by atoms with Gasteiger partial charge in [0.2, 0.25) is 5.91 Å². The third kappa shape index (κ3) is 3.00. The summed E-state index contributed by atoms with van der Waals surface area (Å²) in [5.41, 5.74) is 3.74. The highest BCUT2D eigenvalue weighted by atomic mass is 16.4. The van der Waals surface area contributed by atoms with Gasteiger partial charge in [-0.05, 0) is 50.3 Å². The quantitative estimate of drug-likeness (QED) is 0.865. The summed E-state index contributed by atoms with van der Waals surface area (Å²) in [5.74, 6) is -0.909. The number of amides is 1. The molecule has 1 fully saturated rings. The first-order valence-electron chi connectivity index (χ1n) is 6.91. The van der Waals surface area contributed by atoms with Gasteiger partial charge in [-0.3, -0.25) is 9.59 Å². The minimum atomic E-state index is -0.805. The van der Waals surface area contributed by atoms with Crippen LogP contribution in [0, 0.1) is 26.2 Å². The molecule has 0 aliphatic heterocycles. The van der Waals surface area contributed by atoms with Gasteiger partial charge in [-0.2, -0.15) is 0 Å². The van der Waals surface area contributed by atoms with Crippen molar-refractivity contribution in [1.82, 2.24) is 5.32 Å². The lowest BCUT2D eigenvalue weighted by molar-refractivity contribution is -0.143. The Morgan fingerprint density at radius 3 is 2.20 bits per heavy atom. The van der Waals surface area contributed by atoms with E-state index >= 15 is 0 Å². The molecular weight excluding hydrogens is 254 g/mol. The lowest BCUT2D eigenvalue weighted by atomic mass is 9.97. The summed E-state index contributed by atoms with van der Waals surface area (Å²) in [5, 5.41) is 11.8. The largest absolute Gasteiger partial charge is 0.481 e. The van der Waals surface area contributed by atoms with Gasteiger partial charge in [0, 0.05) is 6.54 Å². The summed E-state index contributed by atoms with van der Waals surface area (Å²) in [6.07, 6.45) is 1.63. The molecule has 108 valence electrons. The van der Waals surface area contributed by atoms with Gasteiger partial charge in [0.05, 0.1) is 11.8 Å². The summed E-state index contributed by atoms with van der Waals surface area (Å²) in [7, 11) is 0. The Bertz CT molecular complexity index is 536. The molecule has 0 spiro atoms. The molecule has 1 amide bonds. The predicted molar refractivity (Wildman–Crippen MR) is 76.7 cm³/mol. The average molecular weight is 275 g/mol. The van der Waals surface area contributed by atoms with E-state index in [-0.39, 0.29) is 12.5 Å². The molecule has 0 saturated heterocycles. The first-order chi connectivity index (χ1) is 9.34. The van der Waals surface area contributed by atoms with Crippen molar-refractivity contribution in [2.75, 3.05) is 6.54 Å². The standard InChI is InChI=1S/C16H21NO3/c1-10-6-11(2)13(12(3)7-10)8-14(18)17-9-16(4-5-16)15(19)20/h6-7H,4-5,8-9H2,1-3H3,(H,17,18)(H,19,20). The van der Waals surface area contributed by atoms with Crippen molar-refractivity contribution in [2.24, 2.45) is 5.41 Å². The highest BCUT2D eigenvalue weighted by Gasteiger charge is 2.50. The highest BCUT2D eigenvalue weighted by Crippen LogP contribution is 2.45. The van der Waals surface area contributed by atoms with Crippen LogP contribution < -0.4 is 5.32 Å². The fourth-order valence-corrected chi connectivity index (χ4v) is 2.60. The molecule has 1 aromatic rings. The van der Waals surface area contributed by atoms with Crippen LogP contribution in [0.25, 0.3) is 0 Å². The Hall–Kier alpha value is -1.84. The van der Waals surface area contributed by atoms with Crippen LogP contribution in [0.5, 0.6) is 0 Å². The number of carbonyl (C=O) groups excluding carboxylic acids is 1. The predicted octanol–water partition coefficient (Wildman–Crippen LogP) is 2.14. The van der Waals surface area contributed by atoms with Crippen LogP contribution >= 0.6 is 0 Å². The summed E-state index contributed by atoms with van der Waals surface area (Å²) < 4.78 is 0. The lowest BCUT2D eigenvalue weighted by Gasteiger charge is -2.14. The Balaban J connectivity index is 1.97. The molecule has 2 rings (SSSR count). The zero-order chi connectivity index (χ0) is 14.9. The van der Waals surface area contributed by atoms with Gasteiger partial charge in [-0.25, -0.2) is 0 Å². The van der Waals surface area contributed by atoms with Crippen LogP contribution in [0.4, 0.5) is 0 Å². The van der Waals surface area contributed by atoms with Crippen molar-refractivity contribution >= 4 is 11.9 Å². The Kier molecular flexibility index (Phi) is 3.84. The zero-order valence-electron chi connectivity index (χ0n) is 12.2. The topological polar surface area (TPSA) is 66.4 Å². The lowest BCUT2D eigenvalue weighted by Crippen LogP contribution is -2.35. The molecule has 0 heterocycles. The van der Waals surface area contributed by atoms with Gasteiger partial charge in [-0.1, -0.05) is 17.7 Å². The van der Waals surface area contributed by atoms with Crippen LogP contribution in [-0.2, 0) is 16.0 Å². The fourth-order valence-electron chi connectivity index (χ4n) is 2.60. The SMILES string of the molecule is Cc1cc(C)c(CC(=O)NCC2(C(=O)O)CC2)c(C)c1. The third-order valence-corrected chi connectivity index (χ3v) is 4.11. The molecular formula is C16H21NO3. The van der Waals surface area contributed by atoms with Gasteiger partial charge >= 0.3 is 5.97 Å². The highest BCUT2D eigenvalue weighted by molar-refractivity contribution is 5.82. The van der Waals surface area contributed by atoms with E-state index in [9.17, 15) is 9.59 Å². The average Bonchev–Trinajstić information content (AvgIpc) is 3.12. The molecule has 4 nitrogen and oxygen atoms in total. The summed E-state index contributed by atoms with van der Waals surface area (Å²) in [6, 6.07) is 4.13. The van der Waals surface area contributed by atoms with Crippen LogP contribution in [0.1, 0.15) is 35.1 Å². The maximum absolute atomic E-state index is 12.0. The molecule has 1 aliphatic rings. The number of hydrogen-bond donors (Lipinski definition) is 2. The molecule has 1 aromatic carbocycles. The molecule has 1 saturated carbocycles. The Morgan fingerprint density at radius 2 is 1.75 bits per heavy atom. The second kappa shape index (κ2) is 5.27. The number of hydrogen-bond acceptors (Lipinski definition) is 2. The van der Waals surface area contributed by atoms with Crippen molar-refractivity contribution in [2.45, 2.75) is 40.0 Å². The Morgan fingerprint density at radius 1 is 1.20 bits per heavy atom. The molecule has 0 aromatic heterocycles. The third-order valence-electron chi connectivity index (χ3n) is 4.11. The van der Waals surface area contributed by atoms with Crippen molar-refractivity contribution in [3.63, 3.8) is 0 Å². The molecule has 4 heteroatoms. The monoisotopic (exact) mass is 275 g/mol. The van der Waals surface area contributed by atoms with Crippen molar-refractivity contribution in [3.8, 4) is 0 Å². The molecule has 0 unspecified atom stereocenters. The smallest absolute Gasteiger partial charge is 0.311 e. The molecule has 0 bridgehead atoms. The van der Waals surface area contributed by atoms with Gasteiger partial charge in [-0.15, -0.1) is 0 Å². The van der Waals surface area contributed by atoms with E-state index in [1.165, 1.54) is 5.56 Å². The van der Waals surface area contributed by atoms with Gasteiger partial charge in [0.25, 0.3) is 0 Å². The van der Waals surface area contributed by atoms with E-state index in [1.54, 1.807) is 0 Å². The number of nitrogens with one attached hydrogen (secondary N) is 1. The van der Waals surface area contributed by atoms with Gasteiger partial charge < -0.3 is 10.4 Å². The minimum absolute atomic E-state index is 0.104. The molecule has 2 N–H and O–H groups in total. The van der Waals surface area contributed by atoms with E-state index in [0.29, 0.717) is 19.3 Å². The van der Waals surface area contributed by atoms with E-state index in [2.05, 4.69) is 17.4 Å². The van der Waals surface area contributed by atoms with Crippen LogP contribution in [0.2, 0.25) is 0 Å². The minimum Gasteiger partial charge on any atom is -0.481 e. The number of aryl methyl sites for hydroxylation is 3. The summed E-state index contributed by atoms with van der Waals surface area (Å²) in [4.78, 5) is 23.0. The van der Waals surface area contributed by atoms with Crippen molar-refractivity contribution in [1.29, 1.82) is 0 Å². The van der Waals surface area contributed by atoms with E-state index in [0.717, 1.165) is 16.7 Å². The fraction of sp³-hybridized carbons (Fsp3) is 0.500. The zero-order valence-corrected chi connectivity index (χ0v) is 12.2.